The van der Waals surface area contributed by atoms with Gasteiger partial charge in [-0.1, -0.05) is 6.07 Å². The van der Waals surface area contributed by atoms with Gasteiger partial charge in [0.1, 0.15) is 29.7 Å². The molecule has 4 aromatic rings. The first-order chi connectivity index (χ1) is 18.8. The molecule has 1 aromatic carbocycles. The zero-order valence-corrected chi connectivity index (χ0v) is 23.9. The van der Waals surface area contributed by atoms with E-state index in [2.05, 4.69) is 88.3 Å². The molecule has 6 rings (SSSR count). The lowest BCUT2D eigenvalue weighted by atomic mass is 10.0. The normalized spacial score (nSPS) is 16.4. The highest BCUT2D eigenvalue weighted by molar-refractivity contribution is 5.75. The van der Waals surface area contributed by atoms with Crippen LogP contribution < -0.4 is 4.74 Å². The Balaban J connectivity index is 1.36. The summed E-state index contributed by atoms with van der Waals surface area (Å²) in [6.07, 6.45) is 4.09. The highest BCUT2D eigenvalue weighted by Gasteiger charge is 2.25. The second-order valence-corrected chi connectivity index (χ2v) is 11.3. The van der Waals surface area contributed by atoms with Crippen molar-refractivity contribution >= 4 is 0 Å². The van der Waals surface area contributed by atoms with Gasteiger partial charge >= 0.3 is 0 Å². The Bertz CT molecular complexity index is 1470. The fourth-order valence-corrected chi connectivity index (χ4v) is 5.57. The van der Waals surface area contributed by atoms with Gasteiger partial charge in [0.25, 0.3) is 0 Å². The van der Waals surface area contributed by atoms with Crippen LogP contribution in [0.2, 0.25) is 0 Å². The largest absolute Gasteiger partial charge is 0.491 e. The minimum absolute atomic E-state index is 0.202. The number of ether oxygens (including phenoxy) is 1. The predicted octanol–water partition coefficient (Wildman–Crippen LogP) is 4.28. The number of imidazole rings is 1. The summed E-state index contributed by atoms with van der Waals surface area (Å²) in [5.74, 6) is 3.31. The Morgan fingerprint density at radius 1 is 0.897 bits per heavy atom. The van der Waals surface area contributed by atoms with Crippen LogP contribution in [0.5, 0.6) is 5.75 Å². The predicted molar refractivity (Wildman–Crippen MR) is 152 cm³/mol. The SMILES string of the molecule is Cc1nc(-c2cn3c(n2)-c2ccc(-c4cnn(C(C)C)c4CN4CCN(C)CC4)cc2OCC3)n(C(C)C)n1. The van der Waals surface area contributed by atoms with Gasteiger partial charge in [0.2, 0.25) is 0 Å². The standard InChI is InChI=1S/C29H39N9O/c1-19(2)37-26(18-35-11-9-34(6)10-12-35)24(16-30-37)22-7-8-23-27(15-22)39-14-13-36-17-25(32-28(23)36)29-31-21(5)33-38(29)20(3)4/h7-8,15-17,19-20H,9-14,18H2,1-6H3. The smallest absolute Gasteiger partial charge is 0.178 e. The van der Waals surface area contributed by atoms with Crippen molar-refractivity contribution in [1.29, 1.82) is 0 Å². The fourth-order valence-electron chi connectivity index (χ4n) is 5.57. The van der Waals surface area contributed by atoms with Crippen molar-refractivity contribution in [3.63, 3.8) is 0 Å². The van der Waals surface area contributed by atoms with Crippen LogP contribution in [-0.2, 0) is 13.1 Å². The van der Waals surface area contributed by atoms with E-state index in [9.17, 15) is 0 Å². The summed E-state index contributed by atoms with van der Waals surface area (Å²) in [6, 6.07) is 6.98. The van der Waals surface area contributed by atoms with Crippen LogP contribution in [0.3, 0.4) is 0 Å². The molecule has 0 aliphatic carbocycles. The van der Waals surface area contributed by atoms with Gasteiger partial charge in [0, 0.05) is 56.6 Å². The molecule has 0 N–H and O–H groups in total. The van der Waals surface area contributed by atoms with Crippen molar-refractivity contribution in [3.8, 4) is 39.8 Å². The molecule has 10 heteroatoms. The molecule has 0 unspecified atom stereocenters. The summed E-state index contributed by atoms with van der Waals surface area (Å²) in [6.45, 7) is 17.1. The highest BCUT2D eigenvalue weighted by atomic mass is 16.5. The molecule has 2 aliphatic rings. The van der Waals surface area contributed by atoms with E-state index in [0.29, 0.717) is 12.6 Å². The Hall–Kier alpha value is -3.50. The molecular formula is C29H39N9O. The van der Waals surface area contributed by atoms with E-state index in [1.165, 1.54) is 11.3 Å². The molecule has 39 heavy (non-hydrogen) atoms. The van der Waals surface area contributed by atoms with Gasteiger partial charge in [-0.05, 0) is 59.4 Å². The molecule has 0 atom stereocenters. The average Bonchev–Trinajstić information content (AvgIpc) is 3.60. The summed E-state index contributed by atoms with van der Waals surface area (Å²) < 4.78 is 12.6. The second-order valence-electron chi connectivity index (χ2n) is 11.3. The lowest BCUT2D eigenvalue weighted by Crippen LogP contribution is -2.44. The summed E-state index contributed by atoms with van der Waals surface area (Å²) >= 11 is 0. The number of fused-ring (bicyclic) bond motifs is 3. The number of likely N-dealkylation sites (N-methyl/N-ethyl adjacent to an activating group) is 1. The van der Waals surface area contributed by atoms with Crippen molar-refractivity contribution in [2.24, 2.45) is 0 Å². The Labute approximate surface area is 230 Å². The Morgan fingerprint density at radius 2 is 1.67 bits per heavy atom. The molecule has 0 bridgehead atoms. The number of piperazine rings is 1. The molecule has 0 saturated carbocycles. The van der Waals surface area contributed by atoms with Crippen LogP contribution in [0.1, 0.15) is 51.3 Å². The van der Waals surface area contributed by atoms with Crippen LogP contribution in [0, 0.1) is 6.92 Å². The van der Waals surface area contributed by atoms with Crippen LogP contribution >= 0.6 is 0 Å². The first kappa shape index (κ1) is 25.8. The van der Waals surface area contributed by atoms with E-state index in [-0.39, 0.29) is 6.04 Å². The molecule has 5 heterocycles. The third kappa shape index (κ3) is 4.87. The number of rotatable bonds is 6. The molecule has 1 saturated heterocycles. The van der Waals surface area contributed by atoms with Crippen LogP contribution in [0.25, 0.3) is 34.0 Å². The monoisotopic (exact) mass is 529 g/mol. The summed E-state index contributed by atoms with van der Waals surface area (Å²) in [5, 5.41) is 9.39. The van der Waals surface area contributed by atoms with E-state index >= 15 is 0 Å². The minimum atomic E-state index is 0.202. The number of hydrogen-bond donors (Lipinski definition) is 0. The number of aryl methyl sites for hydroxylation is 1. The first-order valence-corrected chi connectivity index (χ1v) is 14.0. The number of aromatic nitrogens is 7. The Morgan fingerprint density at radius 3 is 2.41 bits per heavy atom. The number of benzene rings is 1. The van der Waals surface area contributed by atoms with Crippen molar-refractivity contribution in [2.75, 3.05) is 39.8 Å². The maximum absolute atomic E-state index is 6.28. The highest BCUT2D eigenvalue weighted by Crippen LogP contribution is 2.38. The molecule has 2 aliphatic heterocycles. The fraction of sp³-hybridized carbons (Fsp3) is 0.517. The summed E-state index contributed by atoms with van der Waals surface area (Å²) in [5.41, 5.74) is 5.38. The molecule has 0 spiro atoms. The van der Waals surface area contributed by atoms with Crippen molar-refractivity contribution in [2.45, 2.75) is 59.8 Å². The first-order valence-electron chi connectivity index (χ1n) is 14.0. The van der Waals surface area contributed by atoms with Crippen LogP contribution in [0.4, 0.5) is 0 Å². The topological polar surface area (TPSA) is 82.1 Å². The zero-order valence-electron chi connectivity index (χ0n) is 23.9. The van der Waals surface area contributed by atoms with Crippen LogP contribution in [0.15, 0.2) is 30.6 Å². The van der Waals surface area contributed by atoms with Gasteiger partial charge in [-0.15, -0.1) is 0 Å². The zero-order chi connectivity index (χ0) is 27.3. The van der Waals surface area contributed by atoms with Crippen molar-refractivity contribution in [1.82, 2.24) is 43.9 Å². The molecule has 10 nitrogen and oxygen atoms in total. The van der Waals surface area contributed by atoms with Gasteiger partial charge in [0.05, 0.1) is 24.0 Å². The molecule has 0 amide bonds. The molecular weight excluding hydrogens is 490 g/mol. The lowest BCUT2D eigenvalue weighted by Gasteiger charge is -2.32. The maximum atomic E-state index is 6.28. The quantitative estimate of drug-likeness (QED) is 0.369. The van der Waals surface area contributed by atoms with E-state index in [0.717, 1.165) is 79.3 Å². The van der Waals surface area contributed by atoms with Gasteiger partial charge in [0.15, 0.2) is 5.82 Å². The number of hydrogen-bond acceptors (Lipinski definition) is 7. The van der Waals surface area contributed by atoms with Gasteiger partial charge in [-0.25, -0.2) is 14.6 Å². The van der Waals surface area contributed by atoms with E-state index in [4.69, 9.17) is 14.8 Å². The maximum Gasteiger partial charge on any atom is 0.178 e. The van der Waals surface area contributed by atoms with Crippen molar-refractivity contribution < 1.29 is 4.74 Å². The third-order valence-electron chi connectivity index (χ3n) is 7.71. The number of nitrogens with zero attached hydrogens (tertiary/aromatic N) is 9. The molecule has 206 valence electrons. The van der Waals surface area contributed by atoms with Gasteiger partial charge < -0.3 is 14.2 Å². The second kappa shape index (κ2) is 10.2. The molecule has 3 aromatic heterocycles. The van der Waals surface area contributed by atoms with Crippen molar-refractivity contribution in [3.05, 3.63) is 42.1 Å². The lowest BCUT2D eigenvalue weighted by molar-refractivity contribution is 0.144. The van der Waals surface area contributed by atoms with Gasteiger partial charge in [-0.3, -0.25) is 9.58 Å². The summed E-state index contributed by atoms with van der Waals surface area (Å²) in [7, 11) is 2.20. The average molecular weight is 530 g/mol. The third-order valence-corrected chi connectivity index (χ3v) is 7.71. The summed E-state index contributed by atoms with van der Waals surface area (Å²) in [4.78, 5) is 14.7. The van der Waals surface area contributed by atoms with E-state index < -0.39 is 0 Å². The minimum Gasteiger partial charge on any atom is -0.491 e. The molecule has 0 radical (unpaired) electrons. The van der Waals surface area contributed by atoms with Gasteiger partial charge in [-0.2, -0.15) is 10.2 Å². The van der Waals surface area contributed by atoms with E-state index in [1.807, 2.05) is 17.8 Å². The van der Waals surface area contributed by atoms with Crippen LogP contribution in [-0.4, -0.2) is 83.7 Å². The van der Waals surface area contributed by atoms with E-state index in [1.54, 1.807) is 0 Å². The Kier molecular flexibility index (Phi) is 6.76. The molecule has 1 fully saturated rings.